The van der Waals surface area contributed by atoms with Crippen molar-refractivity contribution in [2.45, 2.75) is 6.42 Å². The maximum absolute atomic E-state index is 11.5. The Kier molecular flexibility index (Phi) is 6.83. The molecule has 0 atom stereocenters. The van der Waals surface area contributed by atoms with E-state index in [-0.39, 0.29) is 28.8 Å². The summed E-state index contributed by atoms with van der Waals surface area (Å²) in [5.41, 5.74) is -0.0790. The molecular weight excluding hydrogens is 286 g/mol. The highest BCUT2D eigenvalue weighted by atomic mass is 35.5. The molecule has 7 heteroatoms. The van der Waals surface area contributed by atoms with Gasteiger partial charge < -0.3 is 19.9 Å². The SMILES string of the molecule is COCCCNC(=O)COc1c(Cl)cccc1C(=O)O. The first-order valence-electron chi connectivity index (χ1n) is 5.96. The fourth-order valence-electron chi connectivity index (χ4n) is 1.46. The number of ether oxygens (including phenoxy) is 2. The van der Waals surface area contributed by atoms with Gasteiger partial charge in [0.05, 0.1) is 5.02 Å². The molecule has 0 saturated carbocycles. The second-order valence-corrected chi connectivity index (χ2v) is 4.31. The third kappa shape index (κ3) is 5.07. The number of halogens is 1. The topological polar surface area (TPSA) is 84.9 Å². The van der Waals surface area contributed by atoms with Crippen molar-refractivity contribution in [2.24, 2.45) is 0 Å². The van der Waals surface area contributed by atoms with Gasteiger partial charge in [-0.1, -0.05) is 17.7 Å². The van der Waals surface area contributed by atoms with Crippen LogP contribution < -0.4 is 10.1 Å². The molecule has 1 rings (SSSR count). The van der Waals surface area contributed by atoms with Crippen LogP contribution >= 0.6 is 11.6 Å². The number of carbonyl (C=O) groups is 2. The van der Waals surface area contributed by atoms with Crippen LogP contribution in [-0.2, 0) is 9.53 Å². The molecule has 0 radical (unpaired) electrons. The average Bonchev–Trinajstić information content (AvgIpc) is 2.42. The number of amides is 1. The summed E-state index contributed by atoms with van der Waals surface area (Å²) in [6.07, 6.45) is 0.689. The molecule has 0 aromatic heterocycles. The number of benzene rings is 1. The standard InChI is InChI=1S/C13H16ClNO5/c1-19-7-3-6-15-11(16)8-20-12-9(13(17)18)4-2-5-10(12)14/h2,4-5H,3,6-8H2,1H3,(H,15,16)(H,17,18). The second kappa shape index (κ2) is 8.39. The van der Waals surface area contributed by atoms with E-state index < -0.39 is 5.97 Å². The van der Waals surface area contributed by atoms with Gasteiger partial charge >= 0.3 is 5.97 Å². The first kappa shape index (κ1) is 16.3. The zero-order valence-electron chi connectivity index (χ0n) is 11.0. The first-order chi connectivity index (χ1) is 9.56. The fraction of sp³-hybridized carbons (Fsp3) is 0.385. The maximum atomic E-state index is 11.5. The Hall–Kier alpha value is -1.79. The zero-order valence-corrected chi connectivity index (χ0v) is 11.8. The van der Waals surface area contributed by atoms with E-state index >= 15 is 0 Å². The average molecular weight is 302 g/mol. The van der Waals surface area contributed by atoms with E-state index in [4.69, 9.17) is 26.2 Å². The lowest BCUT2D eigenvalue weighted by Gasteiger charge is -2.11. The molecule has 20 heavy (non-hydrogen) atoms. The molecule has 1 aromatic carbocycles. The Morgan fingerprint density at radius 3 is 2.80 bits per heavy atom. The van der Waals surface area contributed by atoms with Crippen LogP contribution in [0.25, 0.3) is 0 Å². The van der Waals surface area contributed by atoms with Gasteiger partial charge in [0.1, 0.15) is 5.56 Å². The van der Waals surface area contributed by atoms with Crippen molar-refractivity contribution >= 4 is 23.5 Å². The predicted molar refractivity (Wildman–Crippen MR) is 73.4 cm³/mol. The number of nitrogens with one attached hydrogen (secondary N) is 1. The molecule has 0 saturated heterocycles. The van der Waals surface area contributed by atoms with Crippen molar-refractivity contribution in [3.63, 3.8) is 0 Å². The molecule has 0 aliphatic heterocycles. The Bertz CT molecular complexity index is 478. The number of methoxy groups -OCH3 is 1. The molecule has 110 valence electrons. The fourth-order valence-corrected chi connectivity index (χ4v) is 1.69. The second-order valence-electron chi connectivity index (χ2n) is 3.91. The molecule has 0 spiro atoms. The van der Waals surface area contributed by atoms with Crippen molar-refractivity contribution in [3.05, 3.63) is 28.8 Å². The number of carboxylic acid groups (broad SMARTS) is 1. The Labute approximate surface area is 121 Å². The number of carboxylic acids is 1. The number of carbonyl (C=O) groups excluding carboxylic acids is 1. The van der Waals surface area contributed by atoms with Crippen LogP contribution in [0.3, 0.4) is 0 Å². The summed E-state index contributed by atoms with van der Waals surface area (Å²) in [7, 11) is 1.58. The van der Waals surface area contributed by atoms with Gasteiger partial charge in [-0.3, -0.25) is 4.79 Å². The van der Waals surface area contributed by atoms with Crippen LogP contribution in [0.2, 0.25) is 5.02 Å². The van der Waals surface area contributed by atoms with Crippen LogP contribution in [0, 0.1) is 0 Å². The van der Waals surface area contributed by atoms with E-state index in [1.807, 2.05) is 0 Å². The van der Waals surface area contributed by atoms with Crippen molar-refractivity contribution < 1.29 is 24.2 Å². The van der Waals surface area contributed by atoms with Crippen molar-refractivity contribution in [3.8, 4) is 5.75 Å². The molecular formula is C13H16ClNO5. The van der Waals surface area contributed by atoms with Crippen LogP contribution in [0.15, 0.2) is 18.2 Å². The molecule has 0 aliphatic carbocycles. The number of para-hydroxylation sites is 1. The lowest BCUT2D eigenvalue weighted by molar-refractivity contribution is -0.123. The summed E-state index contributed by atoms with van der Waals surface area (Å²) in [5.74, 6) is -1.52. The maximum Gasteiger partial charge on any atom is 0.339 e. The molecule has 2 N–H and O–H groups in total. The molecule has 1 amide bonds. The van der Waals surface area contributed by atoms with Crippen LogP contribution in [0.4, 0.5) is 0 Å². The molecule has 0 heterocycles. The van der Waals surface area contributed by atoms with Crippen molar-refractivity contribution in [2.75, 3.05) is 26.9 Å². The van der Waals surface area contributed by atoms with Crippen molar-refractivity contribution in [1.29, 1.82) is 0 Å². The molecule has 0 bridgehead atoms. The minimum Gasteiger partial charge on any atom is -0.481 e. The highest BCUT2D eigenvalue weighted by Gasteiger charge is 2.15. The highest BCUT2D eigenvalue weighted by molar-refractivity contribution is 6.32. The van der Waals surface area contributed by atoms with Crippen LogP contribution in [0.5, 0.6) is 5.75 Å². The van der Waals surface area contributed by atoms with Gasteiger partial charge in [-0.15, -0.1) is 0 Å². The van der Waals surface area contributed by atoms with E-state index in [2.05, 4.69) is 5.32 Å². The van der Waals surface area contributed by atoms with E-state index in [0.29, 0.717) is 19.6 Å². The lowest BCUT2D eigenvalue weighted by Crippen LogP contribution is -2.30. The van der Waals surface area contributed by atoms with Crippen LogP contribution in [-0.4, -0.2) is 43.9 Å². The summed E-state index contributed by atoms with van der Waals surface area (Å²) in [6.45, 7) is 0.718. The first-order valence-corrected chi connectivity index (χ1v) is 6.34. The molecule has 0 unspecified atom stereocenters. The normalized spacial score (nSPS) is 10.1. The Morgan fingerprint density at radius 2 is 2.15 bits per heavy atom. The number of rotatable bonds is 8. The third-order valence-corrected chi connectivity index (χ3v) is 2.69. The van der Waals surface area contributed by atoms with Gasteiger partial charge in [-0.25, -0.2) is 4.79 Å². The summed E-state index contributed by atoms with van der Waals surface area (Å²) in [4.78, 5) is 22.5. The lowest BCUT2D eigenvalue weighted by atomic mass is 10.2. The van der Waals surface area contributed by atoms with E-state index in [1.54, 1.807) is 7.11 Å². The van der Waals surface area contributed by atoms with E-state index in [1.165, 1.54) is 18.2 Å². The third-order valence-electron chi connectivity index (χ3n) is 2.39. The molecule has 1 aromatic rings. The molecule has 0 fully saturated rings. The molecule has 0 aliphatic rings. The van der Waals surface area contributed by atoms with E-state index in [0.717, 1.165) is 0 Å². The van der Waals surface area contributed by atoms with Gasteiger partial charge in [0.15, 0.2) is 12.4 Å². The summed E-state index contributed by atoms with van der Waals surface area (Å²) >= 11 is 5.87. The minimum atomic E-state index is -1.16. The van der Waals surface area contributed by atoms with Crippen LogP contribution in [0.1, 0.15) is 16.8 Å². The van der Waals surface area contributed by atoms with Gasteiger partial charge in [0.2, 0.25) is 0 Å². The highest BCUT2D eigenvalue weighted by Crippen LogP contribution is 2.28. The Balaban J connectivity index is 2.53. The van der Waals surface area contributed by atoms with Gasteiger partial charge in [-0.05, 0) is 18.6 Å². The quantitative estimate of drug-likeness (QED) is 0.712. The number of hydrogen-bond donors (Lipinski definition) is 2. The smallest absolute Gasteiger partial charge is 0.339 e. The summed E-state index contributed by atoms with van der Waals surface area (Å²) in [5, 5.41) is 11.8. The van der Waals surface area contributed by atoms with Gasteiger partial charge in [0, 0.05) is 20.3 Å². The molecule has 6 nitrogen and oxygen atoms in total. The predicted octanol–water partition coefficient (Wildman–Crippen LogP) is 1.57. The zero-order chi connectivity index (χ0) is 15.0. The summed E-state index contributed by atoms with van der Waals surface area (Å²) < 4.78 is 10.0. The minimum absolute atomic E-state index is 0.00583. The largest absolute Gasteiger partial charge is 0.481 e. The number of hydrogen-bond acceptors (Lipinski definition) is 4. The van der Waals surface area contributed by atoms with Crippen molar-refractivity contribution in [1.82, 2.24) is 5.32 Å². The van der Waals surface area contributed by atoms with Gasteiger partial charge in [0.25, 0.3) is 5.91 Å². The van der Waals surface area contributed by atoms with E-state index in [9.17, 15) is 9.59 Å². The summed E-state index contributed by atoms with van der Waals surface area (Å²) in [6, 6.07) is 4.36. The van der Waals surface area contributed by atoms with Gasteiger partial charge in [-0.2, -0.15) is 0 Å². The monoisotopic (exact) mass is 301 g/mol. The Morgan fingerprint density at radius 1 is 1.40 bits per heavy atom. The number of aromatic carboxylic acids is 1.